The molecule has 0 radical (unpaired) electrons. The van der Waals surface area contributed by atoms with Gasteiger partial charge in [-0.25, -0.2) is 9.69 Å². The van der Waals surface area contributed by atoms with Gasteiger partial charge in [-0.2, -0.15) is 0 Å². The highest BCUT2D eigenvalue weighted by Crippen LogP contribution is 2.23. The molecular formula is C19H25N4O4+. The number of quaternary nitrogens is 1. The van der Waals surface area contributed by atoms with E-state index in [9.17, 15) is 14.4 Å². The van der Waals surface area contributed by atoms with E-state index in [1.165, 1.54) is 37.5 Å². The molecule has 2 N–H and O–H groups in total. The van der Waals surface area contributed by atoms with Gasteiger partial charge in [0.1, 0.15) is 5.75 Å². The molecule has 27 heavy (non-hydrogen) atoms. The quantitative estimate of drug-likeness (QED) is 0.544. The first kappa shape index (κ1) is 19.0. The number of carbonyl (C=O) groups is 3. The molecule has 8 nitrogen and oxygen atoms in total. The maximum absolute atomic E-state index is 12.7. The average Bonchev–Trinajstić information content (AvgIpc) is 2.68. The number of anilines is 1. The molecule has 1 atom stereocenters. The van der Waals surface area contributed by atoms with Gasteiger partial charge in [-0.15, -0.1) is 0 Å². The number of hydrogen-bond acceptors (Lipinski definition) is 5. The summed E-state index contributed by atoms with van der Waals surface area (Å²) in [4.78, 5) is 43.7. The van der Waals surface area contributed by atoms with E-state index in [4.69, 9.17) is 4.74 Å². The van der Waals surface area contributed by atoms with Crippen molar-refractivity contribution in [2.75, 3.05) is 38.2 Å². The Balaban J connectivity index is 1.65. The van der Waals surface area contributed by atoms with Gasteiger partial charge in [0.15, 0.2) is 5.92 Å². The van der Waals surface area contributed by atoms with Crippen molar-refractivity contribution < 1.29 is 24.0 Å². The Hall–Kier alpha value is -2.74. The third-order valence-corrected chi connectivity index (χ3v) is 4.94. The first-order valence-electron chi connectivity index (χ1n) is 9.26. The van der Waals surface area contributed by atoms with Crippen molar-refractivity contribution in [2.45, 2.75) is 19.3 Å². The fourth-order valence-corrected chi connectivity index (χ4v) is 3.40. The number of carbonyl (C=O) groups excluding carboxylic acids is 3. The smallest absolute Gasteiger partial charge is 0.335 e. The van der Waals surface area contributed by atoms with Crippen LogP contribution in [0.25, 0.3) is 0 Å². The Labute approximate surface area is 158 Å². The molecule has 0 spiro atoms. The monoisotopic (exact) mass is 373 g/mol. The molecule has 0 aromatic heterocycles. The number of piperidine rings is 1. The van der Waals surface area contributed by atoms with Crippen molar-refractivity contribution in [1.82, 2.24) is 5.32 Å². The zero-order chi connectivity index (χ0) is 19.2. The number of nitrogens with zero attached hydrogens (tertiary/aromatic N) is 2. The molecular weight excluding hydrogens is 348 g/mol. The summed E-state index contributed by atoms with van der Waals surface area (Å²) < 4.78 is 5.08. The second-order valence-electron chi connectivity index (χ2n) is 6.76. The van der Waals surface area contributed by atoms with Gasteiger partial charge in [-0.05, 0) is 43.5 Å². The van der Waals surface area contributed by atoms with Crippen molar-refractivity contribution in [3.05, 3.63) is 24.3 Å². The number of nitrogens with one attached hydrogen (secondary N) is 2. The van der Waals surface area contributed by atoms with Gasteiger partial charge < -0.3 is 9.64 Å². The third-order valence-electron chi connectivity index (χ3n) is 4.94. The van der Waals surface area contributed by atoms with Gasteiger partial charge in [0, 0.05) is 6.21 Å². The molecule has 2 aliphatic heterocycles. The van der Waals surface area contributed by atoms with E-state index < -0.39 is 23.8 Å². The predicted octanol–water partition coefficient (Wildman–Crippen LogP) is 0.0338. The van der Waals surface area contributed by atoms with E-state index in [-0.39, 0.29) is 0 Å². The van der Waals surface area contributed by atoms with Crippen LogP contribution in [0.3, 0.4) is 0 Å². The first-order chi connectivity index (χ1) is 13.1. The van der Waals surface area contributed by atoms with Crippen LogP contribution in [0.4, 0.5) is 10.5 Å². The lowest BCUT2D eigenvalue weighted by atomic mass is 10.1. The molecule has 0 unspecified atom stereocenters. The van der Waals surface area contributed by atoms with Gasteiger partial charge in [-0.1, -0.05) is 0 Å². The topological polar surface area (TPSA) is 92.5 Å². The zero-order valence-corrected chi connectivity index (χ0v) is 15.4. The van der Waals surface area contributed by atoms with Crippen LogP contribution in [0.1, 0.15) is 19.3 Å². The molecule has 2 fully saturated rings. The Morgan fingerprint density at radius 1 is 1.19 bits per heavy atom. The molecule has 0 saturated carbocycles. The molecule has 1 aromatic carbocycles. The summed E-state index contributed by atoms with van der Waals surface area (Å²) in [6.45, 7) is 3.75. The summed E-state index contributed by atoms with van der Waals surface area (Å²) in [5, 5.41) is 2.23. The van der Waals surface area contributed by atoms with Gasteiger partial charge in [0.2, 0.25) is 5.91 Å². The van der Waals surface area contributed by atoms with E-state index in [1.54, 1.807) is 24.3 Å². The number of methoxy groups -OCH3 is 1. The maximum Gasteiger partial charge on any atom is 0.335 e. The van der Waals surface area contributed by atoms with Crippen LogP contribution in [0, 0.1) is 5.92 Å². The largest absolute Gasteiger partial charge is 0.497 e. The second-order valence-corrected chi connectivity index (χ2v) is 6.76. The second kappa shape index (κ2) is 8.77. The number of hydrogen-bond donors (Lipinski definition) is 2. The maximum atomic E-state index is 12.7. The average molecular weight is 373 g/mol. The van der Waals surface area contributed by atoms with Crippen LogP contribution in [-0.2, 0) is 9.59 Å². The summed E-state index contributed by atoms with van der Waals surface area (Å²) >= 11 is 0. The number of benzene rings is 1. The number of barbiturate groups is 1. The Morgan fingerprint density at radius 2 is 1.89 bits per heavy atom. The van der Waals surface area contributed by atoms with Crippen LogP contribution < -0.4 is 19.9 Å². The zero-order valence-electron chi connectivity index (χ0n) is 15.4. The molecule has 2 saturated heterocycles. The SMILES string of the molecule is COc1ccc(N2C(=O)NC(=O)[C@H](C=NCC[NH+]3CCCCC3)C2=O)cc1. The molecule has 3 rings (SSSR count). The Morgan fingerprint density at radius 3 is 2.56 bits per heavy atom. The van der Waals surface area contributed by atoms with Gasteiger partial charge in [-0.3, -0.25) is 19.9 Å². The van der Waals surface area contributed by atoms with Crippen LogP contribution in [0.5, 0.6) is 5.75 Å². The van der Waals surface area contributed by atoms with Crippen molar-refractivity contribution >= 4 is 29.7 Å². The molecule has 1 aromatic rings. The highest BCUT2D eigenvalue weighted by Gasteiger charge is 2.40. The fraction of sp³-hybridized carbons (Fsp3) is 0.474. The van der Waals surface area contributed by atoms with Crippen LogP contribution in [0.2, 0.25) is 0 Å². The van der Waals surface area contributed by atoms with Crippen molar-refractivity contribution in [3.63, 3.8) is 0 Å². The number of ether oxygens (including phenoxy) is 1. The van der Waals surface area contributed by atoms with Crippen LogP contribution >= 0.6 is 0 Å². The number of aliphatic imine (C=N–C) groups is 1. The van der Waals surface area contributed by atoms with E-state index in [2.05, 4.69) is 10.3 Å². The molecule has 4 amide bonds. The van der Waals surface area contributed by atoms with Gasteiger partial charge >= 0.3 is 6.03 Å². The lowest BCUT2D eigenvalue weighted by Crippen LogP contribution is -3.13. The summed E-state index contributed by atoms with van der Waals surface area (Å²) in [7, 11) is 1.53. The van der Waals surface area contributed by atoms with E-state index in [1.807, 2.05) is 0 Å². The van der Waals surface area contributed by atoms with E-state index in [0.29, 0.717) is 18.0 Å². The predicted molar refractivity (Wildman–Crippen MR) is 100 cm³/mol. The summed E-state index contributed by atoms with van der Waals surface area (Å²) in [5.41, 5.74) is 0.377. The minimum atomic E-state index is -1.10. The molecule has 144 valence electrons. The van der Waals surface area contributed by atoms with Crippen LogP contribution in [0.15, 0.2) is 29.3 Å². The summed E-state index contributed by atoms with van der Waals surface area (Å²) in [6, 6.07) is 5.74. The Bertz CT molecular complexity index is 726. The highest BCUT2D eigenvalue weighted by molar-refractivity contribution is 6.32. The number of likely N-dealkylation sites (tertiary alicyclic amines) is 1. The normalized spacial score (nSPS) is 21.6. The van der Waals surface area contributed by atoms with Crippen molar-refractivity contribution in [2.24, 2.45) is 10.9 Å². The number of imide groups is 2. The Kier molecular flexibility index (Phi) is 6.18. The minimum Gasteiger partial charge on any atom is -0.497 e. The van der Waals surface area contributed by atoms with E-state index >= 15 is 0 Å². The fourth-order valence-electron chi connectivity index (χ4n) is 3.40. The molecule has 8 heteroatoms. The van der Waals surface area contributed by atoms with Gasteiger partial charge in [0.25, 0.3) is 5.91 Å². The molecule has 2 heterocycles. The third kappa shape index (κ3) is 4.51. The summed E-state index contributed by atoms with van der Waals surface area (Å²) in [6.07, 6.45) is 5.13. The number of amides is 4. The van der Waals surface area contributed by atoms with Crippen molar-refractivity contribution in [3.8, 4) is 5.75 Å². The highest BCUT2D eigenvalue weighted by atomic mass is 16.5. The molecule has 0 aliphatic carbocycles. The van der Waals surface area contributed by atoms with Gasteiger partial charge in [0.05, 0.1) is 39.0 Å². The molecule has 2 aliphatic rings. The van der Waals surface area contributed by atoms with E-state index in [0.717, 1.165) is 24.5 Å². The summed E-state index contributed by atoms with van der Waals surface area (Å²) in [5.74, 6) is -1.72. The standard InChI is InChI=1S/C19H24N4O4/c1-27-15-7-5-14(6-8-15)23-18(25)16(17(24)21-19(23)26)13-20-9-12-22-10-3-2-4-11-22/h5-8,13,16H,2-4,9-12H2,1H3,(H,21,24,26)/p+1/t16-/m0/s1. The minimum absolute atomic E-state index is 0.377. The number of urea groups is 1. The lowest BCUT2D eigenvalue weighted by Gasteiger charge is -2.28. The number of rotatable bonds is 6. The van der Waals surface area contributed by atoms with Crippen LogP contribution in [-0.4, -0.2) is 57.3 Å². The first-order valence-corrected chi connectivity index (χ1v) is 9.26. The molecule has 0 bridgehead atoms. The lowest BCUT2D eigenvalue weighted by molar-refractivity contribution is -0.903. The van der Waals surface area contributed by atoms with Crippen molar-refractivity contribution in [1.29, 1.82) is 0 Å².